The largest absolute Gasteiger partial charge is 0.461 e. The Kier molecular flexibility index (Phi) is 5.87. The molecule has 0 radical (unpaired) electrons. The molecule has 120 valence electrons. The van der Waals surface area contributed by atoms with Gasteiger partial charge in [-0.1, -0.05) is 30.8 Å². The Morgan fingerprint density at radius 2 is 1.67 bits per heavy atom. The van der Waals surface area contributed by atoms with Crippen LogP contribution in [0.15, 0.2) is 61.2 Å². The molecule has 0 aliphatic rings. The number of benzene rings is 2. The fourth-order valence-corrected chi connectivity index (χ4v) is 2.03. The third-order valence-electron chi connectivity index (χ3n) is 3.29. The van der Waals surface area contributed by atoms with Crippen LogP contribution in [0.3, 0.4) is 0 Å². The van der Waals surface area contributed by atoms with Gasteiger partial charge in [0.2, 0.25) is 0 Å². The van der Waals surface area contributed by atoms with E-state index in [9.17, 15) is 9.59 Å². The molecule has 1 amide bonds. The molecule has 5 nitrogen and oxygen atoms in total. The molecule has 0 aliphatic carbocycles. The molecule has 0 saturated carbocycles. The molecule has 0 aliphatic heterocycles. The summed E-state index contributed by atoms with van der Waals surface area (Å²) in [4.78, 5) is 22.9. The second-order valence-corrected chi connectivity index (χ2v) is 4.89. The van der Waals surface area contributed by atoms with Gasteiger partial charge < -0.3 is 10.1 Å². The lowest BCUT2D eigenvalue weighted by atomic mass is 10.0. The normalized spacial score (nSPS) is 9.62. The topological polar surface area (TPSA) is 79.2 Å². The van der Waals surface area contributed by atoms with Gasteiger partial charge in [0.05, 0.1) is 18.2 Å². The quantitative estimate of drug-likeness (QED) is 0.504. The van der Waals surface area contributed by atoms with E-state index in [2.05, 4.69) is 18.0 Å². The van der Waals surface area contributed by atoms with E-state index in [-0.39, 0.29) is 19.1 Å². The first kappa shape index (κ1) is 17.0. The van der Waals surface area contributed by atoms with Gasteiger partial charge in [-0.25, -0.2) is 4.79 Å². The fourth-order valence-electron chi connectivity index (χ4n) is 2.03. The predicted molar refractivity (Wildman–Crippen MR) is 90.1 cm³/mol. The molecule has 0 spiro atoms. The van der Waals surface area contributed by atoms with Gasteiger partial charge >= 0.3 is 5.97 Å². The Hall–Kier alpha value is -3.39. The van der Waals surface area contributed by atoms with E-state index in [1.165, 1.54) is 0 Å². The van der Waals surface area contributed by atoms with E-state index in [0.717, 1.165) is 17.2 Å². The summed E-state index contributed by atoms with van der Waals surface area (Å²) in [6.07, 6.45) is 1.07. The molecular weight excluding hydrogens is 304 g/mol. The van der Waals surface area contributed by atoms with Crippen LogP contribution < -0.4 is 5.32 Å². The highest BCUT2D eigenvalue weighted by Gasteiger charge is 2.06. The van der Waals surface area contributed by atoms with Crippen LogP contribution in [0.25, 0.3) is 11.1 Å². The molecule has 2 rings (SSSR count). The summed E-state index contributed by atoms with van der Waals surface area (Å²) in [6, 6.07) is 16.4. The smallest absolute Gasteiger partial charge is 0.330 e. The summed E-state index contributed by atoms with van der Waals surface area (Å²) in [5.41, 5.74) is 3.04. The van der Waals surface area contributed by atoms with Crippen LogP contribution in [-0.4, -0.2) is 25.0 Å². The maximum atomic E-state index is 12.0. The first-order valence-corrected chi connectivity index (χ1v) is 7.32. The Balaban J connectivity index is 1.93. The number of ether oxygens (including phenoxy) is 1. The van der Waals surface area contributed by atoms with Gasteiger partial charge in [-0.2, -0.15) is 5.26 Å². The van der Waals surface area contributed by atoms with Crippen molar-refractivity contribution in [2.45, 2.75) is 0 Å². The average Bonchev–Trinajstić information content (AvgIpc) is 2.65. The summed E-state index contributed by atoms with van der Waals surface area (Å²) in [5, 5.41) is 11.5. The third kappa shape index (κ3) is 4.55. The van der Waals surface area contributed by atoms with Crippen molar-refractivity contribution in [1.29, 1.82) is 5.26 Å². The highest BCUT2D eigenvalue weighted by atomic mass is 16.5. The molecule has 0 atom stereocenters. The van der Waals surface area contributed by atoms with E-state index in [1.807, 2.05) is 24.3 Å². The highest BCUT2D eigenvalue weighted by Crippen LogP contribution is 2.20. The molecule has 1 N–H and O–H groups in total. The third-order valence-corrected chi connectivity index (χ3v) is 3.29. The van der Waals surface area contributed by atoms with E-state index < -0.39 is 5.97 Å². The van der Waals surface area contributed by atoms with E-state index in [0.29, 0.717) is 11.1 Å². The SMILES string of the molecule is C=CC(=O)OCCNC(=O)c1ccc(-c2ccc(C#N)cc2)cc1. The zero-order valence-corrected chi connectivity index (χ0v) is 13.0. The summed E-state index contributed by atoms with van der Waals surface area (Å²) in [7, 11) is 0. The molecule has 2 aromatic rings. The van der Waals surface area contributed by atoms with Crippen LogP contribution in [0, 0.1) is 11.3 Å². The summed E-state index contributed by atoms with van der Waals surface area (Å²) >= 11 is 0. The molecule has 2 aromatic carbocycles. The Morgan fingerprint density at radius 3 is 2.21 bits per heavy atom. The van der Waals surface area contributed by atoms with Crippen LogP contribution in [0.4, 0.5) is 0 Å². The van der Waals surface area contributed by atoms with Crippen LogP contribution in [0.2, 0.25) is 0 Å². The monoisotopic (exact) mass is 320 g/mol. The Labute approximate surface area is 140 Å². The first-order valence-electron chi connectivity index (χ1n) is 7.32. The minimum absolute atomic E-state index is 0.0971. The molecular formula is C19H16N2O3. The zero-order valence-electron chi connectivity index (χ0n) is 13.0. The van der Waals surface area contributed by atoms with E-state index >= 15 is 0 Å². The highest BCUT2D eigenvalue weighted by molar-refractivity contribution is 5.94. The number of rotatable bonds is 6. The number of esters is 1. The van der Waals surface area contributed by atoms with Crippen molar-refractivity contribution in [3.05, 3.63) is 72.3 Å². The molecule has 0 bridgehead atoms. The van der Waals surface area contributed by atoms with Crippen LogP contribution in [0.5, 0.6) is 0 Å². The number of amides is 1. The molecule has 0 heterocycles. The van der Waals surface area contributed by atoms with Crippen LogP contribution >= 0.6 is 0 Å². The lowest BCUT2D eigenvalue weighted by Crippen LogP contribution is -2.27. The van der Waals surface area contributed by atoms with Crippen molar-refractivity contribution in [1.82, 2.24) is 5.32 Å². The van der Waals surface area contributed by atoms with Crippen molar-refractivity contribution < 1.29 is 14.3 Å². The maximum absolute atomic E-state index is 12.0. The van der Waals surface area contributed by atoms with Crippen LogP contribution in [0.1, 0.15) is 15.9 Å². The predicted octanol–water partition coefficient (Wildman–Crippen LogP) is 2.68. The molecule has 24 heavy (non-hydrogen) atoms. The minimum Gasteiger partial charge on any atom is -0.461 e. The minimum atomic E-state index is -0.518. The van der Waals surface area contributed by atoms with Gasteiger partial charge in [0, 0.05) is 11.6 Å². The van der Waals surface area contributed by atoms with E-state index in [4.69, 9.17) is 10.00 Å². The van der Waals surface area contributed by atoms with Gasteiger partial charge in [-0.15, -0.1) is 0 Å². The second kappa shape index (κ2) is 8.30. The number of nitrogens with one attached hydrogen (secondary N) is 1. The number of hydrogen-bond acceptors (Lipinski definition) is 4. The maximum Gasteiger partial charge on any atom is 0.330 e. The van der Waals surface area contributed by atoms with Crippen molar-refractivity contribution in [2.24, 2.45) is 0 Å². The Bertz CT molecular complexity index is 772. The molecule has 0 saturated heterocycles. The summed E-state index contributed by atoms with van der Waals surface area (Å²) < 4.78 is 4.78. The number of nitriles is 1. The molecule has 0 unspecified atom stereocenters. The standard InChI is InChI=1S/C19H16N2O3/c1-2-18(22)24-12-11-21-19(23)17-9-7-16(8-10-17)15-5-3-14(13-20)4-6-15/h2-10H,1,11-12H2,(H,21,23). The first-order chi connectivity index (χ1) is 11.6. The van der Waals surface area contributed by atoms with Crippen molar-refractivity contribution in [3.63, 3.8) is 0 Å². The summed E-state index contributed by atoms with van der Waals surface area (Å²) in [5.74, 6) is -0.757. The lowest BCUT2D eigenvalue weighted by molar-refractivity contribution is -0.137. The van der Waals surface area contributed by atoms with Crippen LogP contribution in [-0.2, 0) is 9.53 Å². The van der Waals surface area contributed by atoms with Gasteiger partial charge in [-0.3, -0.25) is 4.79 Å². The number of carbonyl (C=O) groups excluding carboxylic acids is 2. The van der Waals surface area contributed by atoms with Gasteiger partial charge in [0.15, 0.2) is 0 Å². The van der Waals surface area contributed by atoms with Gasteiger partial charge in [0.1, 0.15) is 6.61 Å². The summed E-state index contributed by atoms with van der Waals surface area (Å²) in [6.45, 7) is 3.62. The number of carbonyl (C=O) groups is 2. The Morgan fingerprint density at radius 1 is 1.08 bits per heavy atom. The zero-order chi connectivity index (χ0) is 17.4. The fraction of sp³-hybridized carbons (Fsp3) is 0.105. The molecule has 0 aromatic heterocycles. The number of nitrogens with zero attached hydrogens (tertiary/aromatic N) is 1. The average molecular weight is 320 g/mol. The molecule has 0 fully saturated rings. The van der Waals surface area contributed by atoms with Crippen molar-refractivity contribution in [2.75, 3.05) is 13.2 Å². The van der Waals surface area contributed by atoms with Gasteiger partial charge in [-0.05, 0) is 35.4 Å². The second-order valence-electron chi connectivity index (χ2n) is 4.89. The van der Waals surface area contributed by atoms with Crippen molar-refractivity contribution in [3.8, 4) is 17.2 Å². The lowest BCUT2D eigenvalue weighted by Gasteiger charge is -2.07. The number of hydrogen-bond donors (Lipinski definition) is 1. The molecule has 5 heteroatoms. The van der Waals surface area contributed by atoms with Gasteiger partial charge in [0.25, 0.3) is 5.91 Å². The van der Waals surface area contributed by atoms with Crippen molar-refractivity contribution >= 4 is 11.9 Å². The van der Waals surface area contributed by atoms with E-state index in [1.54, 1.807) is 24.3 Å².